The third-order valence-electron chi connectivity index (χ3n) is 9.25. The lowest BCUT2D eigenvalue weighted by Gasteiger charge is -2.21. The quantitative estimate of drug-likeness (QED) is 0.0641. The topological polar surface area (TPSA) is 90.1 Å². The number of hydrogen-bond acceptors (Lipinski definition) is 4. The number of H-pyrrole nitrogens is 1. The predicted molar refractivity (Wildman–Crippen MR) is 196 cm³/mol. The number of imidazole rings is 1. The van der Waals surface area contributed by atoms with Gasteiger partial charge in [0.1, 0.15) is 0 Å². The fourth-order valence-corrected chi connectivity index (χ4v) is 6.12. The lowest BCUT2D eigenvalue weighted by molar-refractivity contribution is -0.121. The number of carbonyl (C=O) groups is 2. The molecule has 0 bridgehead atoms. The Bertz CT molecular complexity index is 739. The number of aromatic amines is 1. The van der Waals surface area contributed by atoms with Gasteiger partial charge in [0.2, 0.25) is 11.8 Å². The summed E-state index contributed by atoms with van der Waals surface area (Å²) in [6.45, 7) is 8.21. The summed E-state index contributed by atoms with van der Waals surface area (Å²) in [4.78, 5) is 34.7. The van der Waals surface area contributed by atoms with Gasteiger partial charge >= 0.3 is 0 Å². The molecular weight excluding hydrogens is 570 g/mol. The van der Waals surface area contributed by atoms with Crippen LogP contribution in [0.15, 0.2) is 12.5 Å². The minimum Gasteiger partial charge on any atom is -0.356 e. The van der Waals surface area contributed by atoms with Crippen LogP contribution in [0.4, 0.5) is 0 Å². The van der Waals surface area contributed by atoms with Crippen molar-refractivity contribution in [2.75, 3.05) is 32.7 Å². The van der Waals surface area contributed by atoms with Crippen LogP contribution >= 0.6 is 0 Å². The van der Waals surface area contributed by atoms with Crippen LogP contribution in [0.3, 0.4) is 0 Å². The van der Waals surface area contributed by atoms with Gasteiger partial charge in [0.05, 0.1) is 12.0 Å². The van der Waals surface area contributed by atoms with Gasteiger partial charge in [-0.3, -0.25) is 9.59 Å². The molecule has 3 N–H and O–H groups in total. The number of hydrogen-bond donors (Lipinski definition) is 3. The van der Waals surface area contributed by atoms with Crippen LogP contribution in [0.25, 0.3) is 0 Å². The molecule has 2 amide bonds. The van der Waals surface area contributed by atoms with Crippen molar-refractivity contribution < 1.29 is 9.59 Å². The van der Waals surface area contributed by atoms with Crippen molar-refractivity contribution in [3.8, 4) is 0 Å². The van der Waals surface area contributed by atoms with E-state index in [1.165, 1.54) is 141 Å². The van der Waals surface area contributed by atoms with E-state index in [0.717, 1.165) is 44.6 Å². The monoisotopic (exact) mass is 646 g/mol. The van der Waals surface area contributed by atoms with Gasteiger partial charge in [-0.15, -0.1) is 0 Å². The highest BCUT2D eigenvalue weighted by atomic mass is 16.2. The number of aromatic nitrogens is 2. The fraction of sp³-hybridized carbons (Fsp3) is 0.872. The van der Waals surface area contributed by atoms with Crippen LogP contribution in [0.2, 0.25) is 0 Å². The first-order chi connectivity index (χ1) is 22.7. The van der Waals surface area contributed by atoms with Crippen LogP contribution in [0, 0.1) is 0 Å². The Morgan fingerprint density at radius 2 is 0.935 bits per heavy atom. The van der Waals surface area contributed by atoms with Crippen molar-refractivity contribution >= 4 is 11.8 Å². The number of amides is 2. The Kier molecular flexibility index (Phi) is 30.3. The molecule has 0 aliphatic rings. The maximum atomic E-state index is 12.5. The molecule has 7 heteroatoms. The van der Waals surface area contributed by atoms with Gasteiger partial charge in [-0.1, -0.05) is 155 Å². The molecule has 0 unspecified atom stereocenters. The number of nitrogens with one attached hydrogen (secondary N) is 3. The Labute approximate surface area is 284 Å². The Hall–Kier alpha value is -1.89. The summed E-state index contributed by atoms with van der Waals surface area (Å²) in [7, 11) is 0. The van der Waals surface area contributed by atoms with E-state index in [4.69, 9.17) is 0 Å². The van der Waals surface area contributed by atoms with Crippen molar-refractivity contribution in [2.45, 2.75) is 187 Å². The molecule has 1 heterocycles. The molecule has 0 radical (unpaired) electrons. The summed E-state index contributed by atoms with van der Waals surface area (Å²) < 4.78 is 0. The molecule has 1 aromatic rings. The standard InChI is InChI=1S/C39H75N5O2/c1-3-5-7-9-11-13-15-17-19-21-23-25-30-41-38(45)28-33-44(32-27-37-35-40-36-43-37)34-29-39(46)42-31-26-24-22-20-18-16-14-12-10-8-6-4-2/h35-36H,3-34H2,1-2H3,(H,40,43)(H,41,45)(H,42,46). The highest BCUT2D eigenvalue weighted by Gasteiger charge is 2.12. The van der Waals surface area contributed by atoms with Crippen LogP contribution in [0.5, 0.6) is 0 Å². The Morgan fingerprint density at radius 3 is 1.28 bits per heavy atom. The first-order valence-corrected chi connectivity index (χ1v) is 19.9. The first kappa shape index (κ1) is 42.1. The van der Waals surface area contributed by atoms with Crippen molar-refractivity contribution in [1.29, 1.82) is 0 Å². The summed E-state index contributed by atoms with van der Waals surface area (Å²) in [5.41, 5.74) is 1.01. The van der Waals surface area contributed by atoms with Gasteiger partial charge in [0.15, 0.2) is 0 Å². The van der Waals surface area contributed by atoms with Crippen molar-refractivity contribution in [1.82, 2.24) is 25.5 Å². The van der Waals surface area contributed by atoms with Crippen molar-refractivity contribution in [3.05, 3.63) is 18.2 Å². The minimum atomic E-state index is 0.115. The number of nitrogens with zero attached hydrogens (tertiary/aromatic N) is 2. The van der Waals surface area contributed by atoms with Gasteiger partial charge in [0.25, 0.3) is 0 Å². The van der Waals surface area contributed by atoms with Gasteiger partial charge < -0.3 is 20.5 Å². The normalized spacial score (nSPS) is 11.4. The zero-order valence-electron chi connectivity index (χ0n) is 30.5. The lowest BCUT2D eigenvalue weighted by atomic mass is 10.1. The summed E-state index contributed by atoms with van der Waals surface area (Å²) >= 11 is 0. The number of carbonyl (C=O) groups excluding carboxylic acids is 2. The molecule has 0 saturated heterocycles. The molecule has 46 heavy (non-hydrogen) atoms. The van der Waals surface area contributed by atoms with Gasteiger partial charge in [0, 0.05) is 58.2 Å². The van der Waals surface area contributed by atoms with Gasteiger partial charge in [-0.05, 0) is 12.8 Å². The Balaban J connectivity index is 2.09. The summed E-state index contributed by atoms with van der Waals surface area (Å²) in [6, 6.07) is 0. The summed E-state index contributed by atoms with van der Waals surface area (Å²) in [5.74, 6) is 0.230. The SMILES string of the molecule is CCCCCCCCCCCCCCNC(=O)CCN(CCC(=O)NCCCCCCCCCCCCCC)CCc1c[nH]cn1. The molecule has 0 fully saturated rings. The van der Waals surface area contributed by atoms with Crippen molar-refractivity contribution in [2.24, 2.45) is 0 Å². The Morgan fingerprint density at radius 1 is 0.565 bits per heavy atom. The minimum absolute atomic E-state index is 0.115. The highest BCUT2D eigenvalue weighted by Crippen LogP contribution is 2.13. The van der Waals surface area contributed by atoms with Crippen LogP contribution in [-0.4, -0.2) is 59.4 Å². The average Bonchev–Trinajstić information content (AvgIpc) is 3.59. The molecule has 1 aromatic heterocycles. The average molecular weight is 646 g/mol. The van der Waals surface area contributed by atoms with Crippen LogP contribution in [-0.2, 0) is 16.0 Å². The van der Waals surface area contributed by atoms with E-state index < -0.39 is 0 Å². The third kappa shape index (κ3) is 28.3. The molecule has 0 saturated carbocycles. The van der Waals surface area contributed by atoms with E-state index in [1.54, 1.807) is 6.33 Å². The molecular formula is C39H75N5O2. The van der Waals surface area contributed by atoms with Crippen LogP contribution in [0.1, 0.15) is 186 Å². The van der Waals surface area contributed by atoms with Crippen LogP contribution < -0.4 is 10.6 Å². The van der Waals surface area contributed by atoms with E-state index in [9.17, 15) is 9.59 Å². The zero-order chi connectivity index (χ0) is 33.2. The molecule has 1 rings (SSSR count). The summed E-state index contributed by atoms with van der Waals surface area (Å²) in [5, 5.41) is 6.23. The highest BCUT2D eigenvalue weighted by molar-refractivity contribution is 5.76. The van der Waals surface area contributed by atoms with E-state index in [0.29, 0.717) is 25.9 Å². The second-order valence-corrected chi connectivity index (χ2v) is 13.6. The maximum absolute atomic E-state index is 12.5. The van der Waals surface area contributed by atoms with Gasteiger partial charge in [-0.25, -0.2) is 4.98 Å². The van der Waals surface area contributed by atoms with E-state index in [-0.39, 0.29) is 11.8 Å². The molecule has 0 spiro atoms. The molecule has 268 valence electrons. The third-order valence-corrected chi connectivity index (χ3v) is 9.25. The zero-order valence-corrected chi connectivity index (χ0v) is 30.5. The van der Waals surface area contributed by atoms with E-state index >= 15 is 0 Å². The van der Waals surface area contributed by atoms with E-state index in [1.807, 2.05) is 6.20 Å². The second kappa shape index (κ2) is 33.0. The molecule has 7 nitrogen and oxygen atoms in total. The lowest BCUT2D eigenvalue weighted by Crippen LogP contribution is -2.35. The molecule has 0 atom stereocenters. The fourth-order valence-electron chi connectivity index (χ4n) is 6.12. The second-order valence-electron chi connectivity index (χ2n) is 13.6. The molecule has 0 aromatic carbocycles. The predicted octanol–water partition coefficient (Wildman–Crippen LogP) is 9.67. The number of rotatable bonds is 35. The van der Waals surface area contributed by atoms with Crippen molar-refractivity contribution in [3.63, 3.8) is 0 Å². The number of unbranched alkanes of at least 4 members (excludes halogenated alkanes) is 22. The maximum Gasteiger partial charge on any atom is 0.221 e. The smallest absolute Gasteiger partial charge is 0.221 e. The molecule has 0 aliphatic heterocycles. The summed E-state index contributed by atoms with van der Waals surface area (Å²) in [6.07, 6.45) is 37.2. The van der Waals surface area contributed by atoms with Gasteiger partial charge in [-0.2, -0.15) is 0 Å². The molecule has 0 aliphatic carbocycles. The first-order valence-electron chi connectivity index (χ1n) is 19.9. The van der Waals surface area contributed by atoms with E-state index in [2.05, 4.69) is 39.3 Å². The largest absolute Gasteiger partial charge is 0.356 e.